The van der Waals surface area contributed by atoms with E-state index in [1.54, 1.807) is 0 Å². The van der Waals surface area contributed by atoms with Crippen LogP contribution in [-0.4, -0.2) is 78.0 Å². The molecule has 0 aliphatic carbocycles. The molecular weight excluding hydrogens is 404 g/mol. The second-order valence-electron chi connectivity index (χ2n) is 9.10. The van der Waals surface area contributed by atoms with Crippen molar-refractivity contribution in [2.75, 3.05) is 52.5 Å². The number of aryl methyl sites for hydroxylation is 2. The summed E-state index contributed by atoms with van der Waals surface area (Å²) < 4.78 is 7.58. The van der Waals surface area contributed by atoms with Gasteiger partial charge in [-0.1, -0.05) is 30.3 Å². The lowest BCUT2D eigenvalue weighted by atomic mass is 10.0. The molecule has 2 saturated heterocycles. The predicted molar refractivity (Wildman–Crippen MR) is 122 cm³/mol. The SMILES string of the molecule is O=C(c1nn(CCCc2ccccc2)c2c1CN(CC1CNNC1)CC2)N1CCOCC1. The second kappa shape index (κ2) is 10.1. The van der Waals surface area contributed by atoms with E-state index in [-0.39, 0.29) is 5.91 Å². The number of hydrazine groups is 1. The van der Waals surface area contributed by atoms with Gasteiger partial charge in [0.2, 0.25) is 0 Å². The molecule has 2 aromatic rings. The molecule has 3 aliphatic heterocycles. The summed E-state index contributed by atoms with van der Waals surface area (Å²) in [5, 5.41) is 4.90. The normalized spacial score (nSPS) is 19.9. The minimum Gasteiger partial charge on any atom is -0.378 e. The van der Waals surface area contributed by atoms with E-state index in [1.165, 1.54) is 11.3 Å². The highest BCUT2D eigenvalue weighted by Crippen LogP contribution is 2.25. The topological polar surface area (TPSA) is 74.7 Å². The largest absolute Gasteiger partial charge is 0.378 e. The molecule has 8 nitrogen and oxygen atoms in total. The maximum Gasteiger partial charge on any atom is 0.274 e. The molecule has 0 radical (unpaired) electrons. The highest BCUT2D eigenvalue weighted by molar-refractivity contribution is 5.94. The summed E-state index contributed by atoms with van der Waals surface area (Å²) in [6, 6.07) is 10.6. The van der Waals surface area contributed by atoms with Gasteiger partial charge in [-0.15, -0.1) is 0 Å². The average Bonchev–Trinajstić information content (AvgIpc) is 3.48. The number of rotatable bonds is 7. The third kappa shape index (κ3) is 4.88. The van der Waals surface area contributed by atoms with E-state index >= 15 is 0 Å². The number of nitrogens with one attached hydrogen (secondary N) is 2. The Balaban J connectivity index is 1.33. The van der Waals surface area contributed by atoms with Crippen molar-refractivity contribution in [2.24, 2.45) is 5.92 Å². The molecule has 0 bridgehead atoms. The van der Waals surface area contributed by atoms with Crippen LogP contribution in [0.3, 0.4) is 0 Å². The molecule has 2 fully saturated rings. The third-order valence-corrected chi connectivity index (χ3v) is 6.81. The van der Waals surface area contributed by atoms with Gasteiger partial charge in [-0.3, -0.25) is 25.2 Å². The first-order valence-corrected chi connectivity index (χ1v) is 12.0. The van der Waals surface area contributed by atoms with E-state index in [1.807, 2.05) is 4.90 Å². The fourth-order valence-corrected chi connectivity index (χ4v) is 5.05. The van der Waals surface area contributed by atoms with E-state index in [2.05, 4.69) is 50.8 Å². The molecule has 172 valence electrons. The van der Waals surface area contributed by atoms with Crippen LogP contribution in [0.4, 0.5) is 0 Å². The van der Waals surface area contributed by atoms with E-state index in [0.717, 1.165) is 64.1 Å². The number of nitrogens with zero attached hydrogens (tertiary/aromatic N) is 4. The lowest BCUT2D eigenvalue weighted by Crippen LogP contribution is -2.42. The van der Waals surface area contributed by atoms with Gasteiger partial charge in [-0.25, -0.2) is 0 Å². The molecule has 0 spiro atoms. The van der Waals surface area contributed by atoms with E-state index < -0.39 is 0 Å². The van der Waals surface area contributed by atoms with Crippen molar-refractivity contribution in [3.63, 3.8) is 0 Å². The first kappa shape index (κ1) is 21.6. The molecular formula is C24H34N6O2. The van der Waals surface area contributed by atoms with Crippen molar-refractivity contribution in [3.05, 3.63) is 52.8 Å². The molecule has 4 heterocycles. The highest BCUT2D eigenvalue weighted by Gasteiger charge is 2.31. The Morgan fingerprint density at radius 1 is 1.09 bits per heavy atom. The van der Waals surface area contributed by atoms with E-state index in [4.69, 9.17) is 9.84 Å². The third-order valence-electron chi connectivity index (χ3n) is 6.81. The highest BCUT2D eigenvalue weighted by atomic mass is 16.5. The van der Waals surface area contributed by atoms with Gasteiger partial charge in [-0.2, -0.15) is 5.10 Å². The van der Waals surface area contributed by atoms with Gasteiger partial charge in [0.15, 0.2) is 5.69 Å². The summed E-state index contributed by atoms with van der Waals surface area (Å²) in [5.74, 6) is 0.674. The lowest BCUT2D eigenvalue weighted by Gasteiger charge is -2.30. The zero-order valence-electron chi connectivity index (χ0n) is 18.8. The van der Waals surface area contributed by atoms with Crippen LogP contribution in [0.2, 0.25) is 0 Å². The molecule has 3 aliphatic rings. The fraction of sp³-hybridized carbons (Fsp3) is 0.583. The van der Waals surface area contributed by atoms with E-state index in [9.17, 15) is 4.79 Å². The standard InChI is InChI=1S/C24H34N6O2/c31-24(29-11-13-32-14-12-29)23-21-18-28(17-20-15-25-26-16-20)10-8-22(21)30(27-23)9-4-7-19-5-2-1-3-6-19/h1-3,5-6,20,25-26H,4,7-18H2. The molecule has 32 heavy (non-hydrogen) atoms. The molecule has 5 rings (SSSR count). The number of aromatic nitrogens is 2. The predicted octanol–water partition coefficient (Wildman–Crippen LogP) is 1.07. The Bertz CT molecular complexity index is 903. The van der Waals surface area contributed by atoms with Crippen molar-refractivity contribution >= 4 is 5.91 Å². The maximum absolute atomic E-state index is 13.4. The molecule has 2 N–H and O–H groups in total. The Hall–Kier alpha value is -2.26. The van der Waals surface area contributed by atoms with Gasteiger partial charge in [0.25, 0.3) is 5.91 Å². The Morgan fingerprint density at radius 2 is 1.88 bits per heavy atom. The van der Waals surface area contributed by atoms with Crippen LogP contribution in [-0.2, 0) is 30.7 Å². The monoisotopic (exact) mass is 438 g/mol. The molecule has 0 saturated carbocycles. The van der Waals surface area contributed by atoms with Gasteiger partial charge in [0.1, 0.15) is 0 Å². The van der Waals surface area contributed by atoms with Crippen molar-refractivity contribution in [3.8, 4) is 0 Å². The number of benzene rings is 1. The van der Waals surface area contributed by atoms with Crippen molar-refractivity contribution in [2.45, 2.75) is 32.4 Å². The van der Waals surface area contributed by atoms with Crippen LogP contribution in [0.25, 0.3) is 0 Å². The van der Waals surface area contributed by atoms with Crippen molar-refractivity contribution < 1.29 is 9.53 Å². The first-order chi connectivity index (χ1) is 15.8. The smallest absolute Gasteiger partial charge is 0.274 e. The van der Waals surface area contributed by atoms with Gasteiger partial charge < -0.3 is 9.64 Å². The lowest BCUT2D eigenvalue weighted by molar-refractivity contribution is 0.0297. The number of carbonyl (C=O) groups is 1. The molecule has 0 unspecified atom stereocenters. The van der Waals surface area contributed by atoms with Crippen LogP contribution in [0.1, 0.15) is 33.7 Å². The van der Waals surface area contributed by atoms with Gasteiger partial charge in [-0.05, 0) is 24.3 Å². The number of hydrogen-bond donors (Lipinski definition) is 2. The summed E-state index contributed by atoms with van der Waals surface area (Å²) in [6.45, 7) is 8.26. The molecule has 1 aromatic heterocycles. The quantitative estimate of drug-likeness (QED) is 0.674. The summed E-state index contributed by atoms with van der Waals surface area (Å²) in [7, 11) is 0. The zero-order valence-corrected chi connectivity index (χ0v) is 18.8. The Labute approximate surface area is 189 Å². The minimum absolute atomic E-state index is 0.0670. The fourth-order valence-electron chi connectivity index (χ4n) is 5.05. The van der Waals surface area contributed by atoms with Crippen LogP contribution in [0.15, 0.2) is 30.3 Å². The maximum atomic E-state index is 13.4. The molecule has 0 atom stereocenters. The summed E-state index contributed by atoms with van der Waals surface area (Å²) in [6.07, 6.45) is 3.00. The summed E-state index contributed by atoms with van der Waals surface area (Å²) in [5.41, 5.74) is 10.9. The Kier molecular flexibility index (Phi) is 6.83. The van der Waals surface area contributed by atoms with Crippen LogP contribution in [0.5, 0.6) is 0 Å². The van der Waals surface area contributed by atoms with Crippen molar-refractivity contribution in [1.29, 1.82) is 0 Å². The van der Waals surface area contributed by atoms with Crippen LogP contribution in [0, 0.1) is 5.92 Å². The summed E-state index contributed by atoms with van der Waals surface area (Å²) in [4.78, 5) is 17.8. The molecule has 1 aromatic carbocycles. The number of morpholine rings is 1. The zero-order chi connectivity index (χ0) is 21.8. The number of fused-ring (bicyclic) bond motifs is 1. The number of hydrogen-bond acceptors (Lipinski definition) is 6. The van der Waals surface area contributed by atoms with Gasteiger partial charge >= 0.3 is 0 Å². The number of carbonyl (C=O) groups excluding carboxylic acids is 1. The summed E-state index contributed by atoms with van der Waals surface area (Å²) >= 11 is 0. The van der Waals surface area contributed by atoms with Crippen LogP contribution < -0.4 is 10.9 Å². The van der Waals surface area contributed by atoms with Crippen LogP contribution >= 0.6 is 0 Å². The number of amides is 1. The molecule has 8 heteroatoms. The van der Waals surface area contributed by atoms with Gasteiger partial charge in [0.05, 0.1) is 13.2 Å². The average molecular weight is 439 g/mol. The van der Waals surface area contributed by atoms with E-state index in [0.29, 0.717) is 37.9 Å². The minimum atomic E-state index is 0.0670. The molecule has 1 amide bonds. The van der Waals surface area contributed by atoms with Gasteiger partial charge in [0, 0.05) is 70.0 Å². The van der Waals surface area contributed by atoms with Crippen molar-refractivity contribution in [1.82, 2.24) is 30.4 Å². The first-order valence-electron chi connectivity index (χ1n) is 12.0. The number of ether oxygens (including phenoxy) is 1. The Morgan fingerprint density at radius 3 is 2.66 bits per heavy atom. The second-order valence-corrected chi connectivity index (χ2v) is 9.10.